The zero-order valence-electron chi connectivity index (χ0n) is 18.4. The number of nitrogens with one attached hydrogen (secondary N) is 1. The van der Waals surface area contributed by atoms with Gasteiger partial charge in [-0.25, -0.2) is 13.8 Å². The number of aliphatic hydroxyl groups excluding tert-OH is 2. The van der Waals surface area contributed by atoms with Crippen LogP contribution < -0.4 is 5.32 Å². The highest BCUT2D eigenvalue weighted by Crippen LogP contribution is 2.29. The lowest BCUT2D eigenvalue weighted by Crippen LogP contribution is -2.45. The molecule has 34 heavy (non-hydrogen) atoms. The van der Waals surface area contributed by atoms with Gasteiger partial charge in [0.2, 0.25) is 0 Å². The van der Waals surface area contributed by atoms with Crippen LogP contribution in [0.25, 0.3) is 17.0 Å². The number of nitrogens with zero attached hydrogens (tertiary/aromatic N) is 2. The Morgan fingerprint density at radius 2 is 2.03 bits per heavy atom. The molecule has 4 atom stereocenters. The zero-order valence-corrected chi connectivity index (χ0v) is 18.4. The second-order valence-corrected chi connectivity index (χ2v) is 8.29. The van der Waals surface area contributed by atoms with Crippen LogP contribution in [0.4, 0.5) is 8.78 Å². The molecule has 1 aliphatic rings. The van der Waals surface area contributed by atoms with Crippen molar-refractivity contribution in [3.63, 3.8) is 0 Å². The maximum Gasteiger partial charge on any atom is 0.141 e. The number of hydrogen-bond donors (Lipinski definition) is 3. The number of halogens is 2. The lowest BCUT2D eigenvalue weighted by molar-refractivity contribution is -0.113. The smallest absolute Gasteiger partial charge is 0.141 e. The molecule has 0 radical (unpaired) electrons. The van der Waals surface area contributed by atoms with Crippen molar-refractivity contribution in [3.05, 3.63) is 83.1 Å². The van der Waals surface area contributed by atoms with Gasteiger partial charge in [0, 0.05) is 29.1 Å². The van der Waals surface area contributed by atoms with E-state index in [0.717, 1.165) is 23.6 Å². The molecule has 2 aromatic carbocycles. The van der Waals surface area contributed by atoms with Crippen molar-refractivity contribution < 1.29 is 23.7 Å². The quantitative estimate of drug-likeness (QED) is 0.493. The van der Waals surface area contributed by atoms with Crippen LogP contribution in [0.5, 0.6) is 0 Å². The molecule has 0 spiro atoms. The first-order valence-corrected chi connectivity index (χ1v) is 11.1. The van der Waals surface area contributed by atoms with Crippen LogP contribution in [0.2, 0.25) is 0 Å². The molecule has 4 rings (SSSR count). The summed E-state index contributed by atoms with van der Waals surface area (Å²) in [6.07, 6.45) is 1.54. The monoisotopic (exact) mass is 465 g/mol. The number of pyridine rings is 1. The fourth-order valence-electron chi connectivity index (χ4n) is 4.12. The Hall–Kier alpha value is -3.22. The number of hydrogen-bond acceptors (Lipinski definition) is 6. The number of rotatable bonds is 7. The van der Waals surface area contributed by atoms with E-state index < -0.39 is 29.9 Å². The summed E-state index contributed by atoms with van der Waals surface area (Å²) in [6, 6.07) is 14.0. The fourth-order valence-corrected chi connectivity index (χ4v) is 4.12. The number of benzene rings is 2. The van der Waals surface area contributed by atoms with Crippen LogP contribution >= 0.6 is 0 Å². The first-order valence-electron chi connectivity index (χ1n) is 11.1. The Bertz CT molecular complexity index is 1220. The van der Waals surface area contributed by atoms with Gasteiger partial charge in [0.25, 0.3) is 0 Å². The Kier molecular flexibility index (Phi) is 7.60. The van der Waals surface area contributed by atoms with Gasteiger partial charge in [0.15, 0.2) is 0 Å². The molecule has 3 N–H and O–H groups in total. The average Bonchev–Trinajstić information content (AvgIpc) is 2.87. The van der Waals surface area contributed by atoms with Gasteiger partial charge < -0.3 is 20.3 Å². The van der Waals surface area contributed by atoms with E-state index in [4.69, 9.17) is 10.00 Å². The van der Waals surface area contributed by atoms with Crippen LogP contribution in [-0.4, -0.2) is 46.6 Å². The molecule has 0 bridgehead atoms. The molecule has 176 valence electrons. The Labute approximate surface area is 196 Å². The summed E-state index contributed by atoms with van der Waals surface area (Å²) in [5.74, 6) is -0.981. The van der Waals surface area contributed by atoms with Crippen molar-refractivity contribution in [2.45, 2.75) is 37.2 Å². The molecule has 2 heterocycles. The molecule has 1 saturated heterocycles. The van der Waals surface area contributed by atoms with Gasteiger partial charge in [-0.05, 0) is 43.2 Å². The Balaban J connectivity index is 1.32. The molecule has 1 aromatic heterocycles. The lowest BCUT2D eigenvalue weighted by atomic mass is 9.93. The third-order valence-electron chi connectivity index (χ3n) is 5.98. The largest absolute Gasteiger partial charge is 0.387 e. The van der Waals surface area contributed by atoms with Gasteiger partial charge in [0.1, 0.15) is 35.6 Å². The number of fused-ring (bicyclic) bond motifs is 1. The van der Waals surface area contributed by atoms with E-state index >= 15 is 0 Å². The van der Waals surface area contributed by atoms with Crippen molar-refractivity contribution in [2.24, 2.45) is 0 Å². The average molecular weight is 466 g/mol. The standard InChI is InChI=1S/C26H25F2N3O3/c27-18-7-10-22(28)17(13-18)4-2-12-30-20-9-11-23(34-15-20)26(33)25(32)21-5-1-3-16-6-8-19(14-29)31-24(16)21/h1-8,10,13,20,23,25-26,30,32-33H,9,11-12,15H2/b4-2+/t20-,23?,25-,26-/m1/s1. The minimum Gasteiger partial charge on any atom is -0.387 e. The second-order valence-electron chi connectivity index (χ2n) is 8.29. The maximum absolute atomic E-state index is 13.7. The highest BCUT2D eigenvalue weighted by molar-refractivity contribution is 5.82. The molecular formula is C26H25F2N3O3. The Morgan fingerprint density at radius 3 is 2.79 bits per heavy atom. The van der Waals surface area contributed by atoms with Crippen LogP contribution in [0.15, 0.2) is 54.6 Å². The number of para-hydroxylation sites is 1. The van der Waals surface area contributed by atoms with Crippen molar-refractivity contribution in [3.8, 4) is 6.07 Å². The first kappa shape index (κ1) is 23.9. The van der Waals surface area contributed by atoms with E-state index in [1.807, 2.05) is 12.1 Å². The number of aliphatic hydroxyl groups is 2. The van der Waals surface area contributed by atoms with Crippen LogP contribution in [0.1, 0.15) is 35.8 Å². The number of ether oxygens (including phenoxy) is 1. The third kappa shape index (κ3) is 5.46. The van der Waals surface area contributed by atoms with Crippen LogP contribution in [-0.2, 0) is 4.74 Å². The van der Waals surface area contributed by atoms with Gasteiger partial charge in [0.05, 0.1) is 18.2 Å². The van der Waals surface area contributed by atoms with Gasteiger partial charge in [-0.3, -0.25) is 0 Å². The first-order chi connectivity index (χ1) is 16.5. The predicted molar refractivity (Wildman–Crippen MR) is 124 cm³/mol. The predicted octanol–water partition coefficient (Wildman–Crippen LogP) is 3.63. The van der Waals surface area contributed by atoms with E-state index in [1.165, 1.54) is 6.08 Å². The van der Waals surface area contributed by atoms with Crippen molar-refractivity contribution in [1.82, 2.24) is 10.3 Å². The van der Waals surface area contributed by atoms with Crippen molar-refractivity contribution in [2.75, 3.05) is 13.2 Å². The summed E-state index contributed by atoms with van der Waals surface area (Å²) < 4.78 is 32.7. The van der Waals surface area contributed by atoms with Crippen molar-refractivity contribution >= 4 is 17.0 Å². The van der Waals surface area contributed by atoms with E-state index in [1.54, 1.807) is 30.3 Å². The molecular weight excluding hydrogens is 440 g/mol. The maximum atomic E-state index is 13.7. The minimum absolute atomic E-state index is 0.0278. The lowest BCUT2D eigenvalue weighted by Gasteiger charge is -2.34. The van der Waals surface area contributed by atoms with E-state index in [2.05, 4.69) is 10.3 Å². The summed E-state index contributed by atoms with van der Waals surface area (Å²) in [6.45, 7) is 0.783. The molecule has 0 saturated carbocycles. The van der Waals surface area contributed by atoms with Crippen LogP contribution in [0, 0.1) is 23.0 Å². The zero-order chi connectivity index (χ0) is 24.1. The highest BCUT2D eigenvalue weighted by atomic mass is 19.1. The number of nitriles is 1. The molecule has 6 nitrogen and oxygen atoms in total. The summed E-state index contributed by atoms with van der Waals surface area (Å²) >= 11 is 0. The van der Waals surface area contributed by atoms with Crippen molar-refractivity contribution in [1.29, 1.82) is 5.26 Å². The van der Waals surface area contributed by atoms with Gasteiger partial charge in [-0.15, -0.1) is 0 Å². The molecule has 0 amide bonds. The van der Waals surface area contributed by atoms with E-state index in [-0.39, 0.29) is 17.3 Å². The van der Waals surface area contributed by atoms with Gasteiger partial charge >= 0.3 is 0 Å². The highest BCUT2D eigenvalue weighted by Gasteiger charge is 2.33. The summed E-state index contributed by atoms with van der Waals surface area (Å²) in [4.78, 5) is 4.29. The third-order valence-corrected chi connectivity index (χ3v) is 5.98. The summed E-state index contributed by atoms with van der Waals surface area (Å²) in [7, 11) is 0. The fraction of sp³-hybridized carbons (Fsp3) is 0.308. The van der Waals surface area contributed by atoms with Crippen LogP contribution in [0.3, 0.4) is 0 Å². The molecule has 3 aromatic rings. The molecule has 1 unspecified atom stereocenters. The Morgan fingerprint density at radius 1 is 1.18 bits per heavy atom. The number of aromatic nitrogens is 1. The van der Waals surface area contributed by atoms with E-state index in [0.29, 0.717) is 37.1 Å². The summed E-state index contributed by atoms with van der Waals surface area (Å²) in [5.41, 5.74) is 1.34. The molecule has 1 fully saturated rings. The summed E-state index contributed by atoms with van der Waals surface area (Å²) in [5, 5.41) is 34.8. The normalized spacial score (nSPS) is 20.3. The SMILES string of the molecule is N#Cc1ccc2cccc([C@@H](O)[C@H](O)C3CC[C@@H](NC/C=C/c4cc(F)ccc4F)CO3)c2n1. The molecule has 1 aliphatic heterocycles. The second kappa shape index (κ2) is 10.8. The minimum atomic E-state index is -1.22. The topological polar surface area (TPSA) is 98.4 Å². The van der Waals surface area contributed by atoms with E-state index in [9.17, 15) is 19.0 Å². The van der Waals surface area contributed by atoms with Gasteiger partial charge in [-0.2, -0.15) is 5.26 Å². The molecule has 0 aliphatic carbocycles. The molecule has 8 heteroatoms. The van der Waals surface area contributed by atoms with Gasteiger partial charge in [-0.1, -0.05) is 30.4 Å².